The van der Waals surface area contributed by atoms with E-state index in [0.29, 0.717) is 17.1 Å². The predicted octanol–water partition coefficient (Wildman–Crippen LogP) is 3.41. The van der Waals surface area contributed by atoms with Gasteiger partial charge >= 0.3 is 0 Å². The maximum absolute atomic E-state index is 12.4. The maximum Gasteiger partial charge on any atom is 0.268 e. The Balaban J connectivity index is 2.27. The number of nitrogens with one attached hydrogen (secondary N) is 2. The van der Waals surface area contributed by atoms with E-state index in [1.54, 1.807) is 36.4 Å². The van der Waals surface area contributed by atoms with E-state index in [1.807, 2.05) is 30.3 Å². The average Bonchev–Trinajstić information content (AvgIpc) is 2.60. The molecule has 0 saturated heterocycles. The number of carbonyl (C=O) groups excluding carboxylic acids is 2. The monoisotopic (exact) mass is 340 g/mol. The van der Waals surface area contributed by atoms with Gasteiger partial charge in [0.1, 0.15) is 5.70 Å². The molecule has 4 nitrogen and oxygen atoms in total. The Kier molecular flexibility index (Phi) is 6.34. The molecule has 2 aromatic carbocycles. The van der Waals surface area contributed by atoms with Crippen LogP contribution in [0.4, 0.5) is 0 Å². The van der Waals surface area contributed by atoms with Gasteiger partial charge in [-0.15, -0.1) is 6.58 Å². The summed E-state index contributed by atoms with van der Waals surface area (Å²) in [6, 6.07) is 15.9. The highest BCUT2D eigenvalue weighted by Gasteiger charge is 2.15. The minimum atomic E-state index is -0.448. The lowest BCUT2D eigenvalue weighted by Gasteiger charge is -2.11. The molecule has 0 radical (unpaired) electrons. The quantitative estimate of drug-likeness (QED) is 0.625. The maximum atomic E-state index is 12.4. The first-order valence-corrected chi connectivity index (χ1v) is 7.71. The zero-order valence-electron chi connectivity index (χ0n) is 13.0. The van der Waals surface area contributed by atoms with E-state index >= 15 is 0 Å². The summed E-state index contributed by atoms with van der Waals surface area (Å²) in [4.78, 5) is 24.7. The standard InChI is InChI=1S/C19H17ClN2O2/c1-2-12-21-19(24)17(13-14-8-4-3-5-9-14)22-18(23)15-10-6-7-11-16(15)20/h2-11,13H,1,12H2,(H,21,24)(H,22,23). The summed E-state index contributed by atoms with van der Waals surface area (Å²) in [6.07, 6.45) is 3.17. The number of halogens is 1. The Hall–Kier alpha value is -2.85. The smallest absolute Gasteiger partial charge is 0.268 e. The largest absolute Gasteiger partial charge is 0.347 e. The molecular formula is C19H17ClN2O2. The third-order valence-electron chi connectivity index (χ3n) is 3.13. The van der Waals surface area contributed by atoms with Gasteiger partial charge in [0.15, 0.2) is 0 Å². The van der Waals surface area contributed by atoms with E-state index in [2.05, 4.69) is 17.2 Å². The first-order chi connectivity index (χ1) is 11.6. The average molecular weight is 341 g/mol. The van der Waals surface area contributed by atoms with Gasteiger partial charge < -0.3 is 10.6 Å². The van der Waals surface area contributed by atoms with E-state index in [4.69, 9.17) is 11.6 Å². The highest BCUT2D eigenvalue weighted by atomic mass is 35.5. The van der Waals surface area contributed by atoms with Crippen molar-refractivity contribution in [2.45, 2.75) is 0 Å². The fourth-order valence-electron chi connectivity index (χ4n) is 1.97. The number of benzene rings is 2. The van der Waals surface area contributed by atoms with Gasteiger partial charge in [-0.1, -0.05) is 60.1 Å². The zero-order chi connectivity index (χ0) is 17.4. The number of hydrogen-bond acceptors (Lipinski definition) is 2. The first kappa shape index (κ1) is 17.5. The van der Waals surface area contributed by atoms with E-state index in [9.17, 15) is 9.59 Å². The molecule has 0 aliphatic carbocycles. The molecule has 122 valence electrons. The van der Waals surface area contributed by atoms with Crippen LogP contribution < -0.4 is 10.6 Å². The molecule has 0 atom stereocenters. The van der Waals surface area contributed by atoms with Crippen molar-refractivity contribution in [2.75, 3.05) is 6.54 Å². The van der Waals surface area contributed by atoms with Crippen LogP contribution >= 0.6 is 11.6 Å². The van der Waals surface area contributed by atoms with Gasteiger partial charge in [-0.3, -0.25) is 9.59 Å². The van der Waals surface area contributed by atoms with E-state index < -0.39 is 11.8 Å². The molecular weight excluding hydrogens is 324 g/mol. The fraction of sp³-hybridized carbons (Fsp3) is 0.0526. The highest BCUT2D eigenvalue weighted by molar-refractivity contribution is 6.34. The first-order valence-electron chi connectivity index (χ1n) is 7.33. The van der Waals surface area contributed by atoms with Crippen molar-refractivity contribution < 1.29 is 9.59 Å². The molecule has 0 fully saturated rings. The van der Waals surface area contributed by atoms with E-state index in [-0.39, 0.29) is 5.70 Å². The Morgan fingerprint density at radius 3 is 2.38 bits per heavy atom. The molecule has 0 heterocycles. The summed E-state index contributed by atoms with van der Waals surface area (Å²) in [7, 11) is 0. The summed E-state index contributed by atoms with van der Waals surface area (Å²) < 4.78 is 0. The van der Waals surface area contributed by atoms with E-state index in [0.717, 1.165) is 5.56 Å². The normalized spacial score (nSPS) is 10.8. The van der Waals surface area contributed by atoms with Gasteiger partial charge in [-0.25, -0.2) is 0 Å². The third-order valence-corrected chi connectivity index (χ3v) is 3.46. The van der Waals surface area contributed by atoms with Crippen molar-refractivity contribution in [1.82, 2.24) is 10.6 Å². The summed E-state index contributed by atoms with van der Waals surface area (Å²) in [5.41, 5.74) is 1.23. The van der Waals surface area contributed by atoms with Crippen LogP contribution in [0.25, 0.3) is 6.08 Å². The molecule has 2 N–H and O–H groups in total. The number of amides is 2. The van der Waals surface area contributed by atoms with Crippen LogP contribution in [0.2, 0.25) is 5.02 Å². The van der Waals surface area contributed by atoms with Crippen LogP contribution in [0.15, 0.2) is 72.9 Å². The van der Waals surface area contributed by atoms with Gasteiger partial charge in [-0.2, -0.15) is 0 Å². The highest BCUT2D eigenvalue weighted by Crippen LogP contribution is 2.15. The minimum absolute atomic E-state index is 0.132. The molecule has 0 aliphatic heterocycles. The fourth-order valence-corrected chi connectivity index (χ4v) is 2.19. The molecule has 24 heavy (non-hydrogen) atoms. The van der Waals surface area contributed by atoms with Crippen molar-refractivity contribution in [3.8, 4) is 0 Å². The van der Waals surface area contributed by atoms with E-state index in [1.165, 1.54) is 0 Å². The molecule has 0 aliphatic rings. The van der Waals surface area contributed by atoms with Crippen LogP contribution in [0.1, 0.15) is 15.9 Å². The lowest BCUT2D eigenvalue weighted by Crippen LogP contribution is -2.35. The second-order valence-corrected chi connectivity index (χ2v) is 5.31. The number of rotatable bonds is 6. The summed E-state index contributed by atoms with van der Waals surface area (Å²) in [5, 5.41) is 5.59. The van der Waals surface area contributed by atoms with Crippen LogP contribution in [-0.4, -0.2) is 18.4 Å². The third kappa shape index (κ3) is 4.83. The van der Waals surface area contributed by atoms with Gasteiger partial charge in [0, 0.05) is 6.54 Å². The van der Waals surface area contributed by atoms with Crippen molar-refractivity contribution in [3.63, 3.8) is 0 Å². The molecule has 5 heteroatoms. The van der Waals surface area contributed by atoms with Crippen molar-refractivity contribution >= 4 is 29.5 Å². The Morgan fingerprint density at radius 1 is 1.04 bits per heavy atom. The summed E-state index contributed by atoms with van der Waals surface area (Å²) in [5.74, 6) is -0.851. The minimum Gasteiger partial charge on any atom is -0.347 e. The van der Waals surface area contributed by atoms with Crippen LogP contribution in [0.3, 0.4) is 0 Å². The van der Waals surface area contributed by atoms with Gasteiger partial charge in [0.05, 0.1) is 10.6 Å². The predicted molar refractivity (Wildman–Crippen MR) is 96.5 cm³/mol. The molecule has 0 saturated carbocycles. The lowest BCUT2D eigenvalue weighted by molar-refractivity contribution is -0.117. The lowest BCUT2D eigenvalue weighted by atomic mass is 10.1. The molecule has 0 aromatic heterocycles. The SMILES string of the molecule is C=CCNC(=O)C(=Cc1ccccc1)NC(=O)c1ccccc1Cl. The summed E-state index contributed by atoms with van der Waals surface area (Å²) in [6.45, 7) is 3.86. The molecule has 0 spiro atoms. The Morgan fingerprint density at radius 2 is 1.71 bits per heavy atom. The van der Waals surface area contributed by atoms with Crippen LogP contribution in [0.5, 0.6) is 0 Å². The summed E-state index contributed by atoms with van der Waals surface area (Å²) >= 11 is 6.03. The van der Waals surface area contributed by atoms with Gasteiger partial charge in [-0.05, 0) is 23.8 Å². The van der Waals surface area contributed by atoms with Crippen LogP contribution in [0, 0.1) is 0 Å². The number of hydrogen-bond donors (Lipinski definition) is 2. The van der Waals surface area contributed by atoms with Gasteiger partial charge in [0.2, 0.25) is 0 Å². The van der Waals surface area contributed by atoms with Crippen molar-refractivity contribution in [2.24, 2.45) is 0 Å². The zero-order valence-corrected chi connectivity index (χ0v) is 13.7. The molecule has 2 amide bonds. The second kappa shape index (κ2) is 8.70. The van der Waals surface area contributed by atoms with Crippen LogP contribution in [-0.2, 0) is 4.79 Å². The van der Waals surface area contributed by atoms with Gasteiger partial charge in [0.25, 0.3) is 11.8 Å². The second-order valence-electron chi connectivity index (χ2n) is 4.90. The van der Waals surface area contributed by atoms with Crippen molar-refractivity contribution in [1.29, 1.82) is 0 Å². The molecule has 2 aromatic rings. The topological polar surface area (TPSA) is 58.2 Å². The molecule has 0 unspecified atom stereocenters. The van der Waals surface area contributed by atoms with Crippen molar-refractivity contribution in [3.05, 3.63) is 89.1 Å². The molecule has 0 bridgehead atoms. The molecule has 2 rings (SSSR count). The number of carbonyl (C=O) groups is 2. The Bertz CT molecular complexity index is 770. The Labute approximate surface area is 145 Å².